The van der Waals surface area contributed by atoms with Crippen LogP contribution >= 0.6 is 0 Å². The molecule has 0 saturated heterocycles. The number of nitrogens with two attached hydrogens (primary N) is 1. The van der Waals surface area contributed by atoms with E-state index in [1.165, 1.54) is 30.5 Å². The van der Waals surface area contributed by atoms with Crippen LogP contribution in [0.3, 0.4) is 0 Å². The van der Waals surface area contributed by atoms with Gasteiger partial charge in [0, 0.05) is 12.0 Å². The summed E-state index contributed by atoms with van der Waals surface area (Å²) in [4.78, 5) is 4.40. The molecule has 0 spiro atoms. The van der Waals surface area contributed by atoms with Gasteiger partial charge in [-0.2, -0.15) is 5.10 Å². The molecule has 0 fully saturated rings. The van der Waals surface area contributed by atoms with Crippen molar-refractivity contribution in [2.45, 2.75) is 12.8 Å². The number of fused-ring (bicyclic) bond motifs is 1. The number of hydrogen-bond acceptors (Lipinski definition) is 4. The summed E-state index contributed by atoms with van der Waals surface area (Å²) < 4.78 is 42.8. The Kier molecular flexibility index (Phi) is 5.68. The van der Waals surface area contributed by atoms with Crippen LogP contribution in [0.15, 0.2) is 73.1 Å². The molecule has 0 aliphatic heterocycles. The normalized spacial score (nSPS) is 12.7. The van der Waals surface area contributed by atoms with Crippen LogP contribution in [0.5, 0.6) is 5.75 Å². The van der Waals surface area contributed by atoms with Crippen molar-refractivity contribution in [2.75, 3.05) is 0 Å². The van der Waals surface area contributed by atoms with Gasteiger partial charge in [-0.25, -0.2) is 9.50 Å². The molecule has 2 aromatic carbocycles. The molecule has 162 valence electrons. The van der Waals surface area contributed by atoms with Gasteiger partial charge < -0.3 is 10.5 Å². The van der Waals surface area contributed by atoms with Crippen LogP contribution in [0, 0.1) is 0 Å². The van der Waals surface area contributed by atoms with Crippen LogP contribution < -0.4 is 20.9 Å². The summed E-state index contributed by atoms with van der Waals surface area (Å²) >= 11 is 0. The van der Waals surface area contributed by atoms with Crippen molar-refractivity contribution in [3.05, 3.63) is 94.8 Å². The first-order valence-corrected chi connectivity index (χ1v) is 9.69. The van der Waals surface area contributed by atoms with Gasteiger partial charge in [0.15, 0.2) is 5.65 Å². The maximum absolute atomic E-state index is 12.4. The fraction of sp³-hybridized carbons (Fsp3) is 0.0833. The monoisotopic (exact) mass is 436 g/mol. The molecule has 0 amide bonds. The third kappa shape index (κ3) is 4.80. The summed E-state index contributed by atoms with van der Waals surface area (Å²) in [6.07, 6.45) is 2.72. The van der Waals surface area contributed by atoms with E-state index in [2.05, 4.69) is 21.4 Å². The zero-order chi connectivity index (χ0) is 22.7. The first-order valence-electron chi connectivity index (χ1n) is 9.69. The van der Waals surface area contributed by atoms with Crippen LogP contribution in [-0.4, -0.2) is 21.0 Å². The van der Waals surface area contributed by atoms with Crippen molar-refractivity contribution in [2.24, 2.45) is 5.73 Å². The summed E-state index contributed by atoms with van der Waals surface area (Å²) in [7, 11) is 0. The Bertz CT molecular complexity index is 1390. The predicted octanol–water partition coefficient (Wildman–Crippen LogP) is 3.55. The lowest BCUT2D eigenvalue weighted by atomic mass is 10.1. The van der Waals surface area contributed by atoms with Crippen LogP contribution in [0.25, 0.3) is 29.6 Å². The Morgan fingerprint density at radius 3 is 2.56 bits per heavy atom. The standard InChI is InChI=1S/C24H19F3N4O/c1-16-4-5-17(13-19(16)3-2-12-28)14-20-15-29-23-11-10-22(30-31(20)23)18-6-8-21(9-7-18)32-24(25,26)27/h2-13,15H,1,14,28H2/b12-2-,19-3-. The van der Waals surface area contributed by atoms with E-state index >= 15 is 0 Å². The number of aromatic nitrogens is 3. The topological polar surface area (TPSA) is 65.4 Å². The average Bonchev–Trinajstić information content (AvgIpc) is 3.15. The van der Waals surface area contributed by atoms with Crippen LogP contribution in [0.4, 0.5) is 13.2 Å². The minimum atomic E-state index is -4.73. The molecule has 0 aliphatic carbocycles. The first kappa shape index (κ1) is 21.2. The number of nitrogens with zero attached hydrogens (tertiary/aromatic N) is 3. The Morgan fingerprint density at radius 2 is 1.84 bits per heavy atom. The highest BCUT2D eigenvalue weighted by molar-refractivity contribution is 5.61. The third-order valence-electron chi connectivity index (χ3n) is 4.80. The van der Waals surface area contributed by atoms with E-state index in [-0.39, 0.29) is 5.75 Å². The van der Waals surface area contributed by atoms with Gasteiger partial charge in [-0.3, -0.25) is 0 Å². The molecule has 4 aromatic rings. The molecule has 32 heavy (non-hydrogen) atoms. The van der Waals surface area contributed by atoms with E-state index in [4.69, 9.17) is 5.73 Å². The van der Waals surface area contributed by atoms with Crippen molar-refractivity contribution in [1.82, 2.24) is 14.6 Å². The number of hydrogen-bond donors (Lipinski definition) is 1. The summed E-state index contributed by atoms with van der Waals surface area (Å²) in [5, 5.41) is 6.50. The molecule has 0 saturated carbocycles. The second-order valence-electron chi connectivity index (χ2n) is 7.07. The summed E-state index contributed by atoms with van der Waals surface area (Å²) in [5.74, 6) is -0.281. The average molecular weight is 436 g/mol. The molecule has 5 nitrogen and oxygen atoms in total. The van der Waals surface area contributed by atoms with Crippen molar-refractivity contribution >= 4 is 18.3 Å². The lowest BCUT2D eigenvalue weighted by Gasteiger charge is -2.09. The number of halogens is 3. The highest BCUT2D eigenvalue weighted by Gasteiger charge is 2.31. The maximum Gasteiger partial charge on any atom is 0.573 e. The molecule has 0 bridgehead atoms. The summed E-state index contributed by atoms with van der Waals surface area (Å²) in [5.41, 5.74) is 9.28. The van der Waals surface area contributed by atoms with E-state index < -0.39 is 6.36 Å². The van der Waals surface area contributed by atoms with Gasteiger partial charge in [0.25, 0.3) is 0 Å². The molecule has 0 aliphatic rings. The molecule has 8 heteroatoms. The highest BCUT2D eigenvalue weighted by Crippen LogP contribution is 2.26. The minimum Gasteiger partial charge on any atom is -0.406 e. The lowest BCUT2D eigenvalue weighted by Crippen LogP contribution is -2.23. The molecule has 0 radical (unpaired) electrons. The second kappa shape index (κ2) is 8.58. The number of alkyl halides is 3. The molecule has 2 N–H and O–H groups in total. The summed E-state index contributed by atoms with van der Waals surface area (Å²) in [6, 6.07) is 15.1. The Labute approximate surface area is 181 Å². The first-order chi connectivity index (χ1) is 15.3. The smallest absolute Gasteiger partial charge is 0.406 e. The number of imidazole rings is 1. The zero-order valence-electron chi connectivity index (χ0n) is 16.9. The van der Waals surface area contributed by atoms with Crippen molar-refractivity contribution in [3.8, 4) is 17.0 Å². The van der Waals surface area contributed by atoms with Gasteiger partial charge in [-0.05, 0) is 64.7 Å². The molecular formula is C24H19F3N4O. The van der Waals surface area contributed by atoms with Crippen molar-refractivity contribution in [3.63, 3.8) is 0 Å². The fourth-order valence-electron chi connectivity index (χ4n) is 3.30. The van der Waals surface area contributed by atoms with Crippen molar-refractivity contribution < 1.29 is 17.9 Å². The van der Waals surface area contributed by atoms with Gasteiger partial charge in [0.05, 0.1) is 17.6 Å². The van der Waals surface area contributed by atoms with Gasteiger partial charge in [0.2, 0.25) is 0 Å². The third-order valence-corrected chi connectivity index (χ3v) is 4.80. The van der Waals surface area contributed by atoms with Gasteiger partial charge in [-0.1, -0.05) is 30.9 Å². The van der Waals surface area contributed by atoms with E-state index in [0.717, 1.165) is 21.7 Å². The van der Waals surface area contributed by atoms with E-state index in [1.54, 1.807) is 22.9 Å². The minimum absolute atomic E-state index is 0.281. The van der Waals surface area contributed by atoms with E-state index in [1.807, 2.05) is 30.3 Å². The lowest BCUT2D eigenvalue weighted by molar-refractivity contribution is -0.274. The number of allylic oxidation sites excluding steroid dienone is 1. The van der Waals surface area contributed by atoms with Gasteiger partial charge >= 0.3 is 6.36 Å². The SMILES string of the molecule is C=c1ccc(Cc2cnc3ccc(-c4ccc(OC(F)(F)F)cc4)nn23)c/c1=C/C=C\N. The maximum atomic E-state index is 12.4. The molecule has 0 unspecified atom stereocenters. The van der Waals surface area contributed by atoms with Gasteiger partial charge in [0.1, 0.15) is 5.75 Å². The Hall–Kier alpha value is -4.07. The molecule has 4 rings (SSSR count). The zero-order valence-corrected chi connectivity index (χ0v) is 16.9. The molecule has 2 aromatic heterocycles. The molecular weight excluding hydrogens is 417 g/mol. The number of rotatable bonds is 5. The van der Waals surface area contributed by atoms with E-state index in [0.29, 0.717) is 23.3 Å². The highest BCUT2D eigenvalue weighted by atomic mass is 19.4. The molecule has 2 heterocycles. The molecule has 0 atom stereocenters. The van der Waals surface area contributed by atoms with Crippen LogP contribution in [0.2, 0.25) is 0 Å². The van der Waals surface area contributed by atoms with E-state index in [9.17, 15) is 13.2 Å². The van der Waals surface area contributed by atoms with Crippen LogP contribution in [0.1, 0.15) is 11.3 Å². The quantitative estimate of drug-likeness (QED) is 0.520. The van der Waals surface area contributed by atoms with Crippen LogP contribution in [-0.2, 0) is 6.42 Å². The number of ether oxygens (including phenoxy) is 1. The second-order valence-corrected chi connectivity index (χ2v) is 7.07. The Balaban J connectivity index is 1.65. The Morgan fingerprint density at radius 1 is 1.06 bits per heavy atom. The van der Waals surface area contributed by atoms with Gasteiger partial charge in [-0.15, -0.1) is 13.2 Å². The largest absolute Gasteiger partial charge is 0.573 e. The van der Waals surface area contributed by atoms with Crippen molar-refractivity contribution in [1.29, 1.82) is 0 Å². The predicted molar refractivity (Wildman–Crippen MR) is 117 cm³/mol. The summed E-state index contributed by atoms with van der Waals surface area (Å²) in [6.45, 7) is 4.03. The number of benzene rings is 2. The fourth-order valence-corrected chi connectivity index (χ4v) is 3.30.